The number of aliphatic hydroxyl groups excluding tert-OH is 1. The predicted molar refractivity (Wildman–Crippen MR) is 133 cm³/mol. The van der Waals surface area contributed by atoms with E-state index in [1.165, 1.54) is 20.8 Å². The minimum absolute atomic E-state index is 0. The van der Waals surface area contributed by atoms with Crippen LogP contribution in [0.15, 0.2) is 35.2 Å². The molecule has 0 aromatic heterocycles. The van der Waals surface area contributed by atoms with Gasteiger partial charge >= 0.3 is 29.6 Å². The molecular weight excluding hydrogens is 499 g/mol. The van der Waals surface area contributed by atoms with Gasteiger partial charge in [-0.15, -0.1) is 11.8 Å². The fourth-order valence-electron chi connectivity index (χ4n) is 3.35. The fourth-order valence-corrected chi connectivity index (χ4v) is 4.56. The maximum Gasteiger partial charge on any atom is 1.00 e. The van der Waals surface area contributed by atoms with Gasteiger partial charge in [0, 0.05) is 27.6 Å². The van der Waals surface area contributed by atoms with Gasteiger partial charge in [0.2, 0.25) is 0 Å². The Labute approximate surface area is 238 Å². The maximum absolute atomic E-state index is 11.7. The number of carbonyl (C=O) groups excluding carboxylic acids is 2. The molecule has 0 fully saturated rings. The number of carbonyl (C=O) groups is 2. The molecule has 0 saturated heterocycles. The summed E-state index contributed by atoms with van der Waals surface area (Å²) in [5.74, 6) is -0.138. The van der Waals surface area contributed by atoms with Crippen molar-refractivity contribution in [2.24, 2.45) is 5.41 Å². The number of carboxylic acids is 1. The smallest absolute Gasteiger partial charge is 0.549 e. The van der Waals surface area contributed by atoms with Crippen LogP contribution in [0.3, 0.4) is 0 Å². The number of rotatable bonds is 13. The van der Waals surface area contributed by atoms with Gasteiger partial charge in [-0.05, 0) is 56.0 Å². The second kappa shape index (κ2) is 14.5. The summed E-state index contributed by atoms with van der Waals surface area (Å²) in [6.07, 6.45) is 1.24. The number of carboxylic acid groups (broad SMARTS) is 1. The normalized spacial score (nSPS) is 12.1. The van der Waals surface area contributed by atoms with Crippen LogP contribution in [-0.4, -0.2) is 40.4 Å². The molecule has 0 amide bonds. The van der Waals surface area contributed by atoms with Gasteiger partial charge < -0.3 is 24.9 Å². The van der Waals surface area contributed by atoms with Crippen LogP contribution < -0.4 is 39.4 Å². The molecule has 2 aromatic rings. The van der Waals surface area contributed by atoms with Crippen molar-refractivity contribution in [3.63, 3.8) is 0 Å². The zero-order valence-electron chi connectivity index (χ0n) is 21.0. The average molecular weight is 531 g/mol. The molecule has 1 unspecified atom stereocenters. The van der Waals surface area contributed by atoms with Crippen molar-refractivity contribution in [3.8, 4) is 11.5 Å². The number of benzene rings is 2. The van der Waals surface area contributed by atoms with Crippen molar-refractivity contribution < 1.29 is 59.2 Å². The number of aliphatic carboxylic acids is 1. The Morgan fingerprint density at radius 2 is 1.91 bits per heavy atom. The van der Waals surface area contributed by atoms with Crippen molar-refractivity contribution in [1.82, 2.24) is 0 Å². The van der Waals surface area contributed by atoms with Crippen LogP contribution in [-0.2, 0) is 17.6 Å². The van der Waals surface area contributed by atoms with Gasteiger partial charge in [-0.2, -0.15) is 0 Å². The number of hydrogen-bond donors (Lipinski definition) is 2. The minimum Gasteiger partial charge on any atom is -0.549 e. The van der Waals surface area contributed by atoms with E-state index in [0.29, 0.717) is 34.9 Å². The molecule has 0 aliphatic rings. The first-order valence-corrected chi connectivity index (χ1v) is 12.6. The van der Waals surface area contributed by atoms with Gasteiger partial charge in [0.25, 0.3) is 0 Å². The van der Waals surface area contributed by atoms with E-state index in [2.05, 4.69) is 0 Å². The van der Waals surface area contributed by atoms with Crippen LogP contribution in [0.5, 0.6) is 11.5 Å². The van der Waals surface area contributed by atoms with Crippen LogP contribution in [0.4, 0.5) is 0 Å². The molecule has 9 heteroatoms. The second-order valence-corrected chi connectivity index (χ2v) is 10.3. The molecule has 2 aromatic carbocycles. The topological polar surface area (TPSA) is 107 Å². The number of phenols is 1. The van der Waals surface area contributed by atoms with E-state index in [4.69, 9.17) is 16.3 Å². The number of phenolic OH excluding ortho intramolecular Hbond substituents is 1. The molecule has 35 heavy (non-hydrogen) atoms. The molecule has 6 nitrogen and oxygen atoms in total. The zero-order valence-corrected chi connectivity index (χ0v) is 24.6. The predicted octanol–water partition coefficient (Wildman–Crippen LogP) is 1.45. The number of thioether (sulfide) groups is 1. The maximum atomic E-state index is 11.7. The van der Waals surface area contributed by atoms with Crippen molar-refractivity contribution in [1.29, 1.82) is 0 Å². The molecule has 2 N–H and O–H groups in total. The monoisotopic (exact) mass is 530 g/mol. The number of aliphatic hydroxyl groups is 1. The van der Waals surface area contributed by atoms with Gasteiger partial charge in [-0.1, -0.05) is 44.9 Å². The number of halogens is 1. The van der Waals surface area contributed by atoms with Crippen molar-refractivity contribution in [3.05, 3.63) is 52.0 Å². The number of hydrogen-bond acceptors (Lipinski definition) is 7. The summed E-state index contributed by atoms with van der Waals surface area (Å²) in [5, 5.41) is 32.4. The van der Waals surface area contributed by atoms with E-state index in [1.807, 2.05) is 19.1 Å². The molecule has 0 heterocycles. The van der Waals surface area contributed by atoms with Crippen LogP contribution in [0.2, 0.25) is 5.02 Å². The summed E-state index contributed by atoms with van der Waals surface area (Å²) in [6.45, 7) is 6.75. The quantitative estimate of drug-likeness (QED) is 0.175. The SMILES string of the molecule is CCCc1c(OCCCSc2ccc(CC(O)C(C)(C)C(=O)[O-])cc2Cl)ccc(C(C)=O)c1O.[Na+]. The summed E-state index contributed by atoms with van der Waals surface area (Å²) >= 11 is 7.97. The first-order valence-electron chi connectivity index (χ1n) is 11.3. The summed E-state index contributed by atoms with van der Waals surface area (Å²) < 4.78 is 5.89. The third kappa shape index (κ3) is 8.69. The molecule has 2 rings (SSSR count). The molecule has 0 bridgehead atoms. The Morgan fingerprint density at radius 3 is 2.49 bits per heavy atom. The Balaban J connectivity index is 0.00000612. The largest absolute Gasteiger partial charge is 1.00 e. The molecule has 0 spiro atoms. The van der Waals surface area contributed by atoms with Crippen LogP contribution in [0.1, 0.15) is 62.0 Å². The Morgan fingerprint density at radius 1 is 1.23 bits per heavy atom. The summed E-state index contributed by atoms with van der Waals surface area (Å²) in [4.78, 5) is 23.8. The van der Waals surface area contributed by atoms with Crippen LogP contribution >= 0.6 is 23.4 Å². The summed E-state index contributed by atoms with van der Waals surface area (Å²) in [6, 6.07) is 8.76. The Hall–Kier alpha value is -1.22. The number of ketones is 1. The Bertz CT molecular complexity index is 1030. The third-order valence-corrected chi connectivity index (χ3v) is 7.29. The van der Waals surface area contributed by atoms with Gasteiger partial charge in [0.05, 0.1) is 23.3 Å². The van der Waals surface area contributed by atoms with Gasteiger partial charge in [-0.25, -0.2) is 0 Å². The first kappa shape index (κ1) is 31.8. The van der Waals surface area contributed by atoms with E-state index >= 15 is 0 Å². The van der Waals surface area contributed by atoms with Crippen molar-refractivity contribution in [2.75, 3.05) is 12.4 Å². The van der Waals surface area contributed by atoms with Crippen molar-refractivity contribution in [2.45, 2.75) is 64.4 Å². The number of ether oxygens (including phenoxy) is 1. The van der Waals surface area contributed by atoms with Gasteiger partial charge in [0.1, 0.15) is 11.5 Å². The third-order valence-electron chi connectivity index (χ3n) is 5.71. The Kier molecular flexibility index (Phi) is 13.2. The first-order chi connectivity index (χ1) is 16.0. The molecule has 186 valence electrons. The standard InChI is InChI=1S/C26H33ClO6S.Na/c1-5-7-19-21(10-9-18(16(2)28)24(19)30)33-12-6-13-34-22-11-8-17(14-20(22)27)15-23(29)26(3,4)25(31)32;/h8-11,14,23,29-30H,5-7,12-13,15H2,1-4H3,(H,31,32);/q;+1/p-1. The van der Waals surface area contributed by atoms with E-state index in [9.17, 15) is 24.9 Å². The van der Waals surface area contributed by atoms with Gasteiger partial charge in [-0.3, -0.25) is 4.79 Å². The number of Topliss-reactive ketones (excluding diaryl/α,β-unsaturated/α-hetero) is 1. The summed E-state index contributed by atoms with van der Waals surface area (Å²) in [5.41, 5.74) is 0.350. The van der Waals surface area contributed by atoms with E-state index in [-0.39, 0.29) is 47.5 Å². The summed E-state index contributed by atoms with van der Waals surface area (Å²) in [7, 11) is 0. The zero-order chi connectivity index (χ0) is 25.5. The van der Waals surface area contributed by atoms with E-state index in [0.717, 1.165) is 29.1 Å². The minimum atomic E-state index is -1.36. The van der Waals surface area contributed by atoms with Crippen molar-refractivity contribution >= 4 is 35.1 Å². The molecule has 0 saturated carbocycles. The van der Waals surface area contributed by atoms with Crippen LogP contribution in [0, 0.1) is 5.41 Å². The van der Waals surface area contributed by atoms with E-state index in [1.54, 1.807) is 30.0 Å². The average Bonchev–Trinajstić information content (AvgIpc) is 2.76. The van der Waals surface area contributed by atoms with E-state index < -0.39 is 17.5 Å². The molecular formula is C26H32ClNaO6S. The number of aromatic hydroxyl groups is 1. The molecule has 1 atom stereocenters. The van der Waals surface area contributed by atoms with Gasteiger partial charge in [0.15, 0.2) is 5.78 Å². The second-order valence-electron chi connectivity index (χ2n) is 8.79. The van der Waals surface area contributed by atoms with Crippen LogP contribution in [0.25, 0.3) is 0 Å². The molecule has 0 aliphatic carbocycles. The molecule has 0 aliphatic heterocycles. The molecule has 0 radical (unpaired) electrons. The fraction of sp³-hybridized carbons (Fsp3) is 0.462.